The van der Waals surface area contributed by atoms with Gasteiger partial charge in [0.2, 0.25) is 15.9 Å². The lowest BCUT2D eigenvalue weighted by molar-refractivity contribution is -0.139. The number of carbonyl (C=O) groups excluding carboxylic acids is 1. The minimum Gasteiger partial charge on any atom is -0.387 e. The smallest absolute Gasteiger partial charge is 0.387 e. The molecule has 1 aromatic carbocycles. The molecular formula is C20H21ClF3N3O4S. The third-order valence-corrected chi connectivity index (χ3v) is 7.61. The molecule has 0 spiro atoms. The molecule has 1 atom stereocenters. The first kappa shape index (κ1) is 24.4. The second kappa shape index (κ2) is 9.74. The summed E-state index contributed by atoms with van der Waals surface area (Å²) in [6, 6.07) is 7.43. The highest BCUT2D eigenvalue weighted by Crippen LogP contribution is 2.34. The lowest BCUT2D eigenvalue weighted by atomic mass is 9.96. The minimum absolute atomic E-state index is 0.0745. The van der Waals surface area contributed by atoms with Crippen LogP contribution in [0.5, 0.6) is 0 Å². The fourth-order valence-corrected chi connectivity index (χ4v) is 5.46. The summed E-state index contributed by atoms with van der Waals surface area (Å²) in [4.78, 5) is 16.1. The molecule has 1 aliphatic heterocycles. The number of carbonyl (C=O) groups is 1. The van der Waals surface area contributed by atoms with Crippen molar-refractivity contribution in [1.29, 1.82) is 0 Å². The number of rotatable bonds is 6. The monoisotopic (exact) mass is 491 g/mol. The first-order valence-electron chi connectivity index (χ1n) is 9.74. The molecule has 174 valence electrons. The predicted octanol–water partition coefficient (Wildman–Crippen LogP) is 3.00. The normalized spacial score (nSPS) is 17.2. The quantitative estimate of drug-likeness (QED) is 0.605. The number of nitrogens with one attached hydrogen (secondary N) is 1. The van der Waals surface area contributed by atoms with Crippen LogP contribution in [0.2, 0.25) is 5.15 Å². The number of aromatic nitrogens is 1. The number of halogens is 4. The lowest BCUT2D eigenvalue weighted by Crippen LogP contribution is -2.43. The maximum absolute atomic E-state index is 13.1. The molecule has 1 aromatic heterocycles. The summed E-state index contributed by atoms with van der Waals surface area (Å²) in [5.74, 6) is -0.985. The van der Waals surface area contributed by atoms with Crippen LogP contribution in [-0.4, -0.2) is 48.4 Å². The third kappa shape index (κ3) is 5.40. The van der Waals surface area contributed by atoms with Crippen LogP contribution in [0.1, 0.15) is 30.1 Å². The van der Waals surface area contributed by atoms with Gasteiger partial charge in [-0.3, -0.25) is 4.79 Å². The maximum atomic E-state index is 13.1. The molecule has 0 radical (unpaired) electrons. The SMILES string of the molecule is O=C(NCC(O)c1ccccc1C(F)(F)F)C1CCN(S(=O)(=O)c2cccnc2Cl)CC1. The highest BCUT2D eigenvalue weighted by atomic mass is 35.5. The predicted molar refractivity (Wildman–Crippen MR) is 110 cm³/mol. The Morgan fingerprint density at radius 1 is 1.22 bits per heavy atom. The summed E-state index contributed by atoms with van der Waals surface area (Å²) in [7, 11) is -3.86. The van der Waals surface area contributed by atoms with E-state index in [0.29, 0.717) is 0 Å². The molecule has 0 aliphatic carbocycles. The Morgan fingerprint density at radius 2 is 1.88 bits per heavy atom. The van der Waals surface area contributed by atoms with Crippen LogP contribution in [0.3, 0.4) is 0 Å². The Morgan fingerprint density at radius 3 is 2.50 bits per heavy atom. The van der Waals surface area contributed by atoms with Gasteiger partial charge in [0.1, 0.15) is 10.0 Å². The van der Waals surface area contributed by atoms with E-state index in [0.717, 1.165) is 12.1 Å². The van der Waals surface area contributed by atoms with Crippen LogP contribution in [-0.2, 0) is 21.0 Å². The zero-order chi connectivity index (χ0) is 23.5. The Bertz CT molecular complexity index is 1070. The van der Waals surface area contributed by atoms with Gasteiger partial charge in [-0.25, -0.2) is 13.4 Å². The fourth-order valence-electron chi connectivity index (χ4n) is 3.56. The van der Waals surface area contributed by atoms with Crippen molar-refractivity contribution in [3.63, 3.8) is 0 Å². The van der Waals surface area contributed by atoms with Gasteiger partial charge >= 0.3 is 6.18 Å². The number of benzene rings is 1. The molecule has 1 fully saturated rings. The molecule has 2 aromatic rings. The molecule has 1 amide bonds. The fraction of sp³-hybridized carbons (Fsp3) is 0.400. The van der Waals surface area contributed by atoms with Gasteiger partial charge in [-0.1, -0.05) is 29.8 Å². The van der Waals surface area contributed by atoms with Crippen molar-refractivity contribution in [2.45, 2.75) is 30.0 Å². The second-order valence-electron chi connectivity index (χ2n) is 7.32. The largest absolute Gasteiger partial charge is 0.416 e. The number of piperidine rings is 1. The highest BCUT2D eigenvalue weighted by molar-refractivity contribution is 7.89. The van der Waals surface area contributed by atoms with Gasteiger partial charge in [-0.15, -0.1) is 0 Å². The molecule has 0 saturated carbocycles. The van der Waals surface area contributed by atoms with Gasteiger partial charge in [0.15, 0.2) is 0 Å². The van der Waals surface area contributed by atoms with Gasteiger partial charge in [0.25, 0.3) is 0 Å². The number of amides is 1. The van der Waals surface area contributed by atoms with Gasteiger partial charge in [-0.05, 0) is 36.6 Å². The van der Waals surface area contributed by atoms with Crippen LogP contribution < -0.4 is 5.32 Å². The van der Waals surface area contributed by atoms with Crippen LogP contribution in [0.25, 0.3) is 0 Å². The Balaban J connectivity index is 1.57. The first-order chi connectivity index (χ1) is 15.0. The average molecular weight is 492 g/mol. The first-order valence-corrected chi connectivity index (χ1v) is 11.6. The maximum Gasteiger partial charge on any atom is 0.416 e. The molecule has 2 N–H and O–H groups in total. The molecule has 1 unspecified atom stereocenters. The van der Waals surface area contributed by atoms with Crippen LogP contribution >= 0.6 is 11.6 Å². The Kier molecular flexibility index (Phi) is 7.43. The van der Waals surface area contributed by atoms with E-state index in [1.165, 1.54) is 34.8 Å². The molecule has 1 saturated heterocycles. The van der Waals surface area contributed by atoms with Gasteiger partial charge in [0, 0.05) is 31.7 Å². The standard InChI is InChI=1S/C20H21ClF3N3O4S/c21-18-17(6-3-9-25-18)32(30,31)27-10-7-13(8-11-27)19(29)26-12-16(28)14-4-1-2-5-15(14)20(22,23)24/h1-6,9,13,16,28H,7-8,10-12H2,(H,26,29). The lowest BCUT2D eigenvalue weighted by Gasteiger charge is -2.30. The van der Waals surface area contributed by atoms with E-state index < -0.39 is 46.2 Å². The van der Waals surface area contributed by atoms with E-state index in [2.05, 4.69) is 10.3 Å². The van der Waals surface area contributed by atoms with Gasteiger partial charge in [0.05, 0.1) is 11.7 Å². The molecule has 32 heavy (non-hydrogen) atoms. The zero-order valence-electron chi connectivity index (χ0n) is 16.7. The van der Waals surface area contributed by atoms with Crippen molar-refractivity contribution in [1.82, 2.24) is 14.6 Å². The second-order valence-corrected chi connectivity index (χ2v) is 9.58. The molecule has 3 rings (SSSR count). The topological polar surface area (TPSA) is 99.6 Å². The molecular weight excluding hydrogens is 471 g/mol. The van der Waals surface area contributed by atoms with Crippen LogP contribution in [0.15, 0.2) is 47.5 Å². The number of sulfonamides is 1. The average Bonchev–Trinajstić information content (AvgIpc) is 2.77. The zero-order valence-corrected chi connectivity index (χ0v) is 18.3. The third-order valence-electron chi connectivity index (χ3n) is 5.26. The number of hydrogen-bond acceptors (Lipinski definition) is 5. The molecule has 2 heterocycles. The minimum atomic E-state index is -4.63. The summed E-state index contributed by atoms with van der Waals surface area (Å²) in [6.07, 6.45) is -4.35. The van der Waals surface area contributed by atoms with E-state index >= 15 is 0 Å². The number of aliphatic hydroxyl groups is 1. The number of pyridine rings is 1. The Labute approximate surface area is 188 Å². The van der Waals surface area contributed by atoms with Gasteiger partial charge in [-0.2, -0.15) is 17.5 Å². The summed E-state index contributed by atoms with van der Waals surface area (Å²) in [6.45, 7) is -0.244. The Hall–Kier alpha value is -2.21. The molecule has 7 nitrogen and oxygen atoms in total. The van der Waals surface area contributed by atoms with E-state index in [-0.39, 0.29) is 41.5 Å². The van der Waals surface area contributed by atoms with E-state index in [4.69, 9.17) is 11.6 Å². The van der Waals surface area contributed by atoms with E-state index in [1.54, 1.807) is 0 Å². The number of nitrogens with zero attached hydrogens (tertiary/aromatic N) is 2. The summed E-state index contributed by atoms with van der Waals surface area (Å²) >= 11 is 5.89. The van der Waals surface area contributed by atoms with Crippen LogP contribution in [0.4, 0.5) is 13.2 Å². The summed E-state index contributed by atoms with van der Waals surface area (Å²) in [5.41, 5.74) is -1.29. The molecule has 1 aliphatic rings. The van der Waals surface area contributed by atoms with E-state index in [1.807, 2.05) is 0 Å². The summed E-state index contributed by atoms with van der Waals surface area (Å²) < 4.78 is 66.1. The number of hydrogen-bond donors (Lipinski definition) is 2. The van der Waals surface area contributed by atoms with Crippen molar-refractivity contribution in [3.8, 4) is 0 Å². The van der Waals surface area contributed by atoms with E-state index in [9.17, 15) is 31.5 Å². The number of aliphatic hydroxyl groups excluding tert-OH is 1. The van der Waals surface area contributed by atoms with Crippen molar-refractivity contribution >= 4 is 27.5 Å². The number of alkyl halides is 3. The summed E-state index contributed by atoms with van der Waals surface area (Å²) in [5, 5.41) is 12.5. The van der Waals surface area contributed by atoms with Crippen LogP contribution in [0, 0.1) is 5.92 Å². The highest BCUT2D eigenvalue weighted by Gasteiger charge is 2.36. The van der Waals surface area contributed by atoms with Crippen molar-refractivity contribution in [2.24, 2.45) is 5.92 Å². The van der Waals surface area contributed by atoms with Crippen molar-refractivity contribution < 1.29 is 31.5 Å². The van der Waals surface area contributed by atoms with Crippen molar-refractivity contribution in [2.75, 3.05) is 19.6 Å². The van der Waals surface area contributed by atoms with Crippen molar-refractivity contribution in [3.05, 3.63) is 58.9 Å². The molecule has 0 bridgehead atoms. The molecule has 12 heteroatoms. The van der Waals surface area contributed by atoms with Gasteiger partial charge < -0.3 is 10.4 Å².